The predicted octanol–water partition coefficient (Wildman–Crippen LogP) is 1.72. The Morgan fingerprint density at radius 3 is 2.86 bits per heavy atom. The van der Waals surface area contributed by atoms with E-state index in [9.17, 15) is 4.79 Å². The first-order chi connectivity index (χ1) is 13.7. The number of aromatic nitrogens is 2. The monoisotopic (exact) mass is 386 g/mol. The fraction of sp³-hybridized carbons (Fsp3) is 0.421. The molecule has 9 heteroatoms. The maximum absolute atomic E-state index is 11.9. The minimum Gasteiger partial charge on any atom is -0.462 e. The van der Waals surface area contributed by atoms with Gasteiger partial charge in [0.25, 0.3) is 0 Å². The van der Waals surface area contributed by atoms with Crippen molar-refractivity contribution in [2.75, 3.05) is 62.4 Å². The summed E-state index contributed by atoms with van der Waals surface area (Å²) in [6.07, 6.45) is 1.45. The summed E-state index contributed by atoms with van der Waals surface area (Å²) in [5.41, 5.74) is 7.79. The Balaban J connectivity index is 1.62. The molecule has 28 heavy (non-hydrogen) atoms. The summed E-state index contributed by atoms with van der Waals surface area (Å²) < 4.78 is 10.4. The summed E-state index contributed by atoms with van der Waals surface area (Å²) in [7, 11) is 0. The molecule has 1 fully saturated rings. The molecule has 4 N–H and O–H groups in total. The molecule has 9 nitrogen and oxygen atoms in total. The predicted molar refractivity (Wildman–Crippen MR) is 108 cm³/mol. The molecule has 1 aromatic carbocycles. The standard InChI is InChI=1S/C19H26N6O3/c1-2-28-19(26)14-4-3-5-15(12-14)24-18-16(20)17(22-13-23-18)21-6-7-25-8-10-27-11-9-25/h3-5,12-13H,2,6-11,20H2,1H3,(H2,21,22,23,24). The number of nitrogen functional groups attached to an aromatic ring is 1. The second-order valence-electron chi connectivity index (χ2n) is 6.29. The number of ether oxygens (including phenoxy) is 2. The van der Waals surface area contributed by atoms with Crippen LogP contribution in [0.3, 0.4) is 0 Å². The lowest BCUT2D eigenvalue weighted by molar-refractivity contribution is 0.0398. The Hall–Kier alpha value is -2.91. The van der Waals surface area contributed by atoms with Crippen molar-refractivity contribution in [2.24, 2.45) is 0 Å². The number of nitrogens with zero attached hydrogens (tertiary/aromatic N) is 3. The van der Waals surface area contributed by atoms with E-state index in [0.29, 0.717) is 35.2 Å². The number of carbonyl (C=O) groups is 1. The van der Waals surface area contributed by atoms with Crippen LogP contribution in [0.25, 0.3) is 0 Å². The van der Waals surface area contributed by atoms with E-state index in [2.05, 4.69) is 25.5 Å². The van der Waals surface area contributed by atoms with Gasteiger partial charge >= 0.3 is 5.97 Å². The van der Waals surface area contributed by atoms with E-state index in [-0.39, 0.29) is 5.97 Å². The normalized spacial score (nSPS) is 14.5. The molecular formula is C19H26N6O3. The highest BCUT2D eigenvalue weighted by Gasteiger charge is 2.12. The number of hydrogen-bond donors (Lipinski definition) is 3. The highest BCUT2D eigenvalue weighted by Crippen LogP contribution is 2.26. The van der Waals surface area contributed by atoms with E-state index in [1.165, 1.54) is 6.33 Å². The van der Waals surface area contributed by atoms with Gasteiger partial charge in [0.2, 0.25) is 0 Å². The minimum absolute atomic E-state index is 0.328. The van der Waals surface area contributed by atoms with Crippen LogP contribution in [0.2, 0.25) is 0 Å². The first-order valence-electron chi connectivity index (χ1n) is 9.36. The van der Waals surface area contributed by atoms with E-state index in [1.54, 1.807) is 25.1 Å². The Bertz CT molecular complexity index is 795. The lowest BCUT2D eigenvalue weighted by Gasteiger charge is -2.26. The quantitative estimate of drug-likeness (QED) is 0.583. The number of benzene rings is 1. The van der Waals surface area contributed by atoms with Crippen LogP contribution >= 0.6 is 0 Å². The zero-order valence-electron chi connectivity index (χ0n) is 16.0. The smallest absolute Gasteiger partial charge is 0.338 e. The number of esters is 1. The van der Waals surface area contributed by atoms with Crippen molar-refractivity contribution in [3.63, 3.8) is 0 Å². The zero-order chi connectivity index (χ0) is 19.8. The summed E-state index contributed by atoms with van der Waals surface area (Å²) in [4.78, 5) is 22.7. The second-order valence-corrected chi connectivity index (χ2v) is 6.29. The highest BCUT2D eigenvalue weighted by atomic mass is 16.5. The van der Waals surface area contributed by atoms with Crippen LogP contribution in [0.5, 0.6) is 0 Å². The van der Waals surface area contributed by atoms with E-state index >= 15 is 0 Å². The van der Waals surface area contributed by atoms with Gasteiger partial charge in [-0.2, -0.15) is 0 Å². The Kier molecular flexibility index (Phi) is 6.99. The van der Waals surface area contributed by atoms with Crippen LogP contribution in [-0.2, 0) is 9.47 Å². The Labute approximate surface area is 164 Å². The molecule has 0 aliphatic carbocycles. The lowest BCUT2D eigenvalue weighted by Crippen LogP contribution is -2.39. The topological polar surface area (TPSA) is 115 Å². The lowest BCUT2D eigenvalue weighted by atomic mass is 10.2. The van der Waals surface area contributed by atoms with Crippen molar-refractivity contribution in [3.05, 3.63) is 36.2 Å². The summed E-state index contributed by atoms with van der Waals surface area (Å²) in [6, 6.07) is 7.00. The van der Waals surface area contributed by atoms with Crippen molar-refractivity contribution in [3.8, 4) is 0 Å². The molecule has 1 aliphatic rings. The van der Waals surface area contributed by atoms with Gasteiger partial charge in [-0.15, -0.1) is 0 Å². The molecule has 2 aromatic rings. The van der Waals surface area contributed by atoms with Crippen LogP contribution in [0.15, 0.2) is 30.6 Å². The molecule has 150 valence electrons. The third kappa shape index (κ3) is 5.30. The van der Waals surface area contributed by atoms with Crippen LogP contribution < -0.4 is 16.4 Å². The number of morpholine rings is 1. The van der Waals surface area contributed by atoms with Gasteiger partial charge in [-0.3, -0.25) is 4.90 Å². The van der Waals surface area contributed by atoms with E-state index in [0.717, 1.165) is 39.4 Å². The number of hydrogen-bond acceptors (Lipinski definition) is 9. The zero-order valence-corrected chi connectivity index (χ0v) is 16.0. The van der Waals surface area contributed by atoms with E-state index < -0.39 is 0 Å². The molecule has 2 heterocycles. The molecule has 1 aromatic heterocycles. The number of nitrogens with two attached hydrogens (primary N) is 1. The molecular weight excluding hydrogens is 360 g/mol. The number of carbonyl (C=O) groups excluding carboxylic acids is 1. The van der Waals surface area contributed by atoms with Crippen molar-refractivity contribution >= 4 is 29.0 Å². The second kappa shape index (κ2) is 9.86. The maximum Gasteiger partial charge on any atom is 0.338 e. The molecule has 1 aliphatic heterocycles. The van der Waals surface area contributed by atoms with Gasteiger partial charge in [0.05, 0.1) is 25.4 Å². The molecule has 0 unspecified atom stereocenters. The van der Waals surface area contributed by atoms with Crippen LogP contribution in [-0.4, -0.2) is 66.8 Å². The SMILES string of the molecule is CCOC(=O)c1cccc(Nc2ncnc(NCCN3CCOCC3)c2N)c1. The number of anilines is 4. The van der Waals surface area contributed by atoms with Gasteiger partial charge in [0, 0.05) is 31.9 Å². The molecule has 0 radical (unpaired) electrons. The summed E-state index contributed by atoms with van der Waals surface area (Å²) in [5, 5.41) is 6.40. The number of rotatable bonds is 8. The summed E-state index contributed by atoms with van der Waals surface area (Å²) in [6.45, 7) is 7.12. The van der Waals surface area contributed by atoms with Crippen molar-refractivity contribution in [1.82, 2.24) is 14.9 Å². The Morgan fingerprint density at radius 1 is 1.29 bits per heavy atom. The minimum atomic E-state index is -0.368. The van der Waals surface area contributed by atoms with Crippen molar-refractivity contribution in [1.29, 1.82) is 0 Å². The highest BCUT2D eigenvalue weighted by molar-refractivity contribution is 5.91. The molecule has 0 atom stereocenters. The average molecular weight is 386 g/mol. The van der Waals surface area contributed by atoms with Gasteiger partial charge in [-0.1, -0.05) is 6.07 Å². The van der Waals surface area contributed by atoms with E-state index in [1.807, 2.05) is 6.07 Å². The maximum atomic E-state index is 11.9. The van der Waals surface area contributed by atoms with Gasteiger partial charge in [0.15, 0.2) is 11.6 Å². The van der Waals surface area contributed by atoms with Gasteiger partial charge in [-0.25, -0.2) is 14.8 Å². The largest absolute Gasteiger partial charge is 0.462 e. The van der Waals surface area contributed by atoms with Crippen LogP contribution in [0.1, 0.15) is 17.3 Å². The molecule has 0 spiro atoms. The number of nitrogens with one attached hydrogen (secondary N) is 2. The molecule has 3 rings (SSSR count). The van der Waals surface area contributed by atoms with Crippen molar-refractivity contribution in [2.45, 2.75) is 6.92 Å². The first-order valence-corrected chi connectivity index (χ1v) is 9.36. The van der Waals surface area contributed by atoms with Crippen LogP contribution in [0.4, 0.5) is 23.0 Å². The molecule has 0 saturated carbocycles. The fourth-order valence-electron chi connectivity index (χ4n) is 2.87. The van der Waals surface area contributed by atoms with Crippen molar-refractivity contribution < 1.29 is 14.3 Å². The van der Waals surface area contributed by atoms with Crippen LogP contribution in [0, 0.1) is 0 Å². The van der Waals surface area contributed by atoms with Gasteiger partial charge in [-0.05, 0) is 25.1 Å². The fourth-order valence-corrected chi connectivity index (χ4v) is 2.87. The molecule has 0 amide bonds. The molecule has 0 bridgehead atoms. The molecule has 1 saturated heterocycles. The van der Waals surface area contributed by atoms with E-state index in [4.69, 9.17) is 15.2 Å². The average Bonchev–Trinajstić information content (AvgIpc) is 2.72. The first kappa shape index (κ1) is 19.8. The van der Waals surface area contributed by atoms with Gasteiger partial charge < -0.3 is 25.8 Å². The van der Waals surface area contributed by atoms with Gasteiger partial charge in [0.1, 0.15) is 12.0 Å². The third-order valence-corrected chi connectivity index (χ3v) is 4.34. The third-order valence-electron chi connectivity index (χ3n) is 4.34. The summed E-state index contributed by atoms with van der Waals surface area (Å²) in [5.74, 6) is 0.685. The summed E-state index contributed by atoms with van der Waals surface area (Å²) >= 11 is 0. The Morgan fingerprint density at radius 2 is 2.07 bits per heavy atom.